The van der Waals surface area contributed by atoms with Crippen LogP contribution in [0.4, 0.5) is 4.39 Å². The van der Waals surface area contributed by atoms with Crippen molar-refractivity contribution in [1.29, 1.82) is 0 Å². The summed E-state index contributed by atoms with van der Waals surface area (Å²) in [5.41, 5.74) is 1.30. The van der Waals surface area contributed by atoms with Gasteiger partial charge in [-0.1, -0.05) is 36.4 Å². The fourth-order valence-electron chi connectivity index (χ4n) is 3.93. The molecule has 168 valence electrons. The van der Waals surface area contributed by atoms with Crippen molar-refractivity contribution in [2.24, 2.45) is 0 Å². The number of rotatable bonds is 6. The monoisotopic (exact) mass is 447 g/mol. The van der Waals surface area contributed by atoms with E-state index in [0.29, 0.717) is 29.0 Å². The Morgan fingerprint density at radius 2 is 1.76 bits per heavy atom. The number of benzene rings is 3. The molecule has 0 aliphatic carbocycles. The Bertz CT molecular complexity index is 1240. The van der Waals surface area contributed by atoms with E-state index >= 15 is 0 Å². The highest BCUT2D eigenvalue weighted by molar-refractivity contribution is 6.46. The van der Waals surface area contributed by atoms with Crippen LogP contribution in [0.15, 0.2) is 78.4 Å². The van der Waals surface area contributed by atoms with Crippen LogP contribution in [0.3, 0.4) is 0 Å². The number of Topliss-reactive ketones (excluding diaryl/α,β-unsaturated/α-hetero) is 1. The number of carbonyl (C=O) groups is 2. The SMILES string of the molecule is CCOc1cccc(/C(O)=C2/C(=O)C(=O)N(Cc3ccc(F)cc3)C2c2cccc(O)c2)c1. The molecular formula is C26H22FNO5. The number of ketones is 1. The van der Waals surface area contributed by atoms with Crippen molar-refractivity contribution in [3.8, 4) is 11.5 Å². The fourth-order valence-corrected chi connectivity index (χ4v) is 3.93. The van der Waals surface area contributed by atoms with Gasteiger partial charge in [0, 0.05) is 12.1 Å². The number of phenolic OH excluding ortho intramolecular Hbond substituents is 1. The van der Waals surface area contributed by atoms with E-state index in [1.807, 2.05) is 6.92 Å². The van der Waals surface area contributed by atoms with Crippen molar-refractivity contribution in [1.82, 2.24) is 4.90 Å². The zero-order valence-corrected chi connectivity index (χ0v) is 17.9. The topological polar surface area (TPSA) is 87.1 Å². The van der Waals surface area contributed by atoms with Gasteiger partial charge < -0.3 is 19.8 Å². The number of aliphatic hydroxyl groups is 1. The maximum absolute atomic E-state index is 13.4. The molecule has 0 aromatic heterocycles. The van der Waals surface area contributed by atoms with Gasteiger partial charge in [0.05, 0.1) is 18.2 Å². The van der Waals surface area contributed by atoms with E-state index in [4.69, 9.17) is 4.74 Å². The molecule has 7 heteroatoms. The second-order valence-corrected chi connectivity index (χ2v) is 7.61. The van der Waals surface area contributed by atoms with Crippen molar-refractivity contribution in [3.63, 3.8) is 0 Å². The number of hydrogen-bond donors (Lipinski definition) is 2. The number of carbonyl (C=O) groups excluding carboxylic acids is 2. The maximum Gasteiger partial charge on any atom is 0.295 e. The van der Waals surface area contributed by atoms with Crippen molar-refractivity contribution in [2.45, 2.75) is 19.5 Å². The summed E-state index contributed by atoms with van der Waals surface area (Å²) in [5.74, 6) is -1.93. The molecule has 0 saturated carbocycles. The molecule has 0 spiro atoms. The summed E-state index contributed by atoms with van der Waals surface area (Å²) in [6.45, 7) is 2.27. The first kappa shape index (κ1) is 22.1. The Balaban J connectivity index is 1.84. The zero-order valence-electron chi connectivity index (χ0n) is 17.9. The molecule has 1 unspecified atom stereocenters. The van der Waals surface area contributed by atoms with Crippen LogP contribution in [0.1, 0.15) is 29.7 Å². The first-order valence-electron chi connectivity index (χ1n) is 10.4. The molecule has 1 fully saturated rings. The number of aromatic hydroxyl groups is 1. The molecular weight excluding hydrogens is 425 g/mol. The predicted molar refractivity (Wildman–Crippen MR) is 120 cm³/mol. The Morgan fingerprint density at radius 3 is 2.45 bits per heavy atom. The van der Waals surface area contributed by atoms with Crippen molar-refractivity contribution < 1.29 is 28.9 Å². The smallest absolute Gasteiger partial charge is 0.295 e. The normalized spacial score (nSPS) is 17.4. The average molecular weight is 447 g/mol. The molecule has 4 rings (SSSR count). The summed E-state index contributed by atoms with van der Waals surface area (Å²) >= 11 is 0. The number of nitrogens with zero attached hydrogens (tertiary/aromatic N) is 1. The number of ether oxygens (including phenoxy) is 1. The number of hydrogen-bond acceptors (Lipinski definition) is 5. The zero-order chi connectivity index (χ0) is 23.5. The molecule has 6 nitrogen and oxygen atoms in total. The van der Waals surface area contributed by atoms with E-state index in [2.05, 4.69) is 0 Å². The predicted octanol–water partition coefficient (Wildman–Crippen LogP) is 4.55. The molecule has 1 atom stereocenters. The van der Waals surface area contributed by atoms with E-state index < -0.39 is 23.5 Å². The lowest BCUT2D eigenvalue weighted by Crippen LogP contribution is -2.29. The molecule has 1 heterocycles. The molecule has 1 aliphatic heterocycles. The van der Waals surface area contributed by atoms with Gasteiger partial charge in [0.15, 0.2) is 0 Å². The summed E-state index contributed by atoms with van der Waals surface area (Å²) in [6.07, 6.45) is 0. The minimum Gasteiger partial charge on any atom is -0.508 e. The van der Waals surface area contributed by atoms with E-state index in [1.165, 1.54) is 41.3 Å². The van der Waals surface area contributed by atoms with E-state index in [1.54, 1.807) is 36.4 Å². The molecule has 2 N–H and O–H groups in total. The summed E-state index contributed by atoms with van der Waals surface area (Å²) in [5, 5.41) is 21.2. The molecule has 1 aliphatic rings. The van der Waals surface area contributed by atoms with Crippen LogP contribution >= 0.6 is 0 Å². The Hall–Kier alpha value is -4.13. The van der Waals surface area contributed by atoms with Crippen molar-refractivity contribution in [2.75, 3.05) is 6.61 Å². The van der Waals surface area contributed by atoms with Gasteiger partial charge in [-0.2, -0.15) is 0 Å². The summed E-state index contributed by atoms with van der Waals surface area (Å²) < 4.78 is 18.8. The highest BCUT2D eigenvalue weighted by Crippen LogP contribution is 2.41. The summed E-state index contributed by atoms with van der Waals surface area (Å²) in [6, 6.07) is 17.4. The highest BCUT2D eigenvalue weighted by atomic mass is 19.1. The van der Waals surface area contributed by atoms with Crippen LogP contribution in [-0.4, -0.2) is 33.4 Å². The first-order valence-corrected chi connectivity index (χ1v) is 10.4. The maximum atomic E-state index is 13.4. The van der Waals surface area contributed by atoms with Gasteiger partial charge in [-0.15, -0.1) is 0 Å². The summed E-state index contributed by atoms with van der Waals surface area (Å²) in [4.78, 5) is 27.4. The summed E-state index contributed by atoms with van der Waals surface area (Å²) in [7, 11) is 0. The lowest BCUT2D eigenvalue weighted by molar-refractivity contribution is -0.140. The van der Waals surface area contributed by atoms with E-state index in [0.717, 1.165) is 0 Å². The quantitative estimate of drug-likeness (QED) is 0.329. The van der Waals surface area contributed by atoms with Crippen LogP contribution < -0.4 is 4.74 Å². The average Bonchev–Trinajstić information content (AvgIpc) is 3.05. The van der Waals surface area contributed by atoms with Gasteiger partial charge in [-0.3, -0.25) is 9.59 Å². The molecule has 33 heavy (non-hydrogen) atoms. The fraction of sp³-hybridized carbons (Fsp3) is 0.154. The van der Waals surface area contributed by atoms with Crippen LogP contribution in [0, 0.1) is 5.82 Å². The van der Waals surface area contributed by atoms with Gasteiger partial charge in [-0.05, 0) is 54.4 Å². The lowest BCUT2D eigenvalue weighted by atomic mass is 9.95. The highest BCUT2D eigenvalue weighted by Gasteiger charge is 2.46. The van der Waals surface area contributed by atoms with Crippen LogP contribution in [0.5, 0.6) is 11.5 Å². The second-order valence-electron chi connectivity index (χ2n) is 7.61. The Morgan fingerprint density at radius 1 is 1.03 bits per heavy atom. The molecule has 0 bridgehead atoms. The third-order valence-electron chi connectivity index (χ3n) is 5.41. The van der Waals surface area contributed by atoms with Gasteiger partial charge in [0.2, 0.25) is 0 Å². The first-order chi connectivity index (χ1) is 15.9. The van der Waals surface area contributed by atoms with E-state index in [9.17, 15) is 24.2 Å². The minimum absolute atomic E-state index is 0.0148. The molecule has 3 aromatic carbocycles. The molecule has 0 radical (unpaired) electrons. The number of halogens is 1. The number of likely N-dealkylation sites (tertiary alicyclic amines) is 1. The Labute approximate surface area is 190 Å². The van der Waals surface area contributed by atoms with Gasteiger partial charge in [-0.25, -0.2) is 4.39 Å². The van der Waals surface area contributed by atoms with Crippen LogP contribution in [-0.2, 0) is 16.1 Å². The third-order valence-corrected chi connectivity index (χ3v) is 5.41. The standard InChI is InChI=1S/C26H22FNO5/c1-2-33-21-8-4-6-18(14-21)24(30)22-23(17-5-3-7-20(29)13-17)28(26(32)25(22)31)15-16-9-11-19(27)12-10-16/h3-14,23,29-30H,2,15H2,1H3/b24-22-. The number of amides is 1. The van der Waals surface area contributed by atoms with Crippen molar-refractivity contribution in [3.05, 3.63) is 101 Å². The Kier molecular flexibility index (Phi) is 6.13. The number of phenols is 1. The van der Waals surface area contributed by atoms with Crippen LogP contribution in [0.2, 0.25) is 0 Å². The third kappa shape index (κ3) is 4.43. The van der Waals surface area contributed by atoms with Crippen molar-refractivity contribution >= 4 is 17.4 Å². The van der Waals surface area contributed by atoms with Gasteiger partial charge >= 0.3 is 0 Å². The molecule has 1 amide bonds. The largest absolute Gasteiger partial charge is 0.508 e. The van der Waals surface area contributed by atoms with Gasteiger partial charge in [0.1, 0.15) is 23.1 Å². The second kappa shape index (κ2) is 9.16. The van der Waals surface area contributed by atoms with E-state index in [-0.39, 0.29) is 23.6 Å². The minimum atomic E-state index is -0.946. The van der Waals surface area contributed by atoms with Crippen LogP contribution in [0.25, 0.3) is 5.76 Å². The lowest BCUT2D eigenvalue weighted by Gasteiger charge is -2.25. The molecule has 1 saturated heterocycles. The molecule has 3 aromatic rings. The van der Waals surface area contributed by atoms with Gasteiger partial charge in [0.25, 0.3) is 11.7 Å². The number of aliphatic hydroxyl groups excluding tert-OH is 1.